The first-order valence-corrected chi connectivity index (χ1v) is 11.6. The molecular weight excluding hydrogens is 441 g/mol. The SMILES string of the molecule is CCOc1ccccc1NS(=O)(=O)c1cc(-c2nc(-c3ccc(F)cc3)no2)sc1C. The summed E-state index contributed by atoms with van der Waals surface area (Å²) in [5.74, 6) is 0.551. The van der Waals surface area contributed by atoms with E-state index in [-0.39, 0.29) is 22.4 Å². The highest BCUT2D eigenvalue weighted by Crippen LogP contribution is 2.35. The molecule has 2 aromatic carbocycles. The highest BCUT2D eigenvalue weighted by atomic mass is 32.2. The van der Waals surface area contributed by atoms with Gasteiger partial charge in [0, 0.05) is 10.4 Å². The minimum absolute atomic E-state index is 0.111. The molecular formula is C21H18FN3O4S2. The van der Waals surface area contributed by atoms with Crippen LogP contribution in [0.5, 0.6) is 5.75 Å². The zero-order chi connectivity index (χ0) is 22.0. The van der Waals surface area contributed by atoms with Gasteiger partial charge in [0.15, 0.2) is 0 Å². The van der Waals surface area contributed by atoms with Gasteiger partial charge in [0.1, 0.15) is 16.5 Å². The van der Waals surface area contributed by atoms with Gasteiger partial charge in [-0.2, -0.15) is 4.98 Å². The summed E-state index contributed by atoms with van der Waals surface area (Å²) >= 11 is 1.22. The van der Waals surface area contributed by atoms with Gasteiger partial charge in [0.2, 0.25) is 5.82 Å². The zero-order valence-electron chi connectivity index (χ0n) is 16.6. The molecule has 4 aromatic rings. The first kappa shape index (κ1) is 21.0. The third kappa shape index (κ3) is 4.44. The lowest BCUT2D eigenvalue weighted by Gasteiger charge is -2.12. The molecule has 0 aliphatic heterocycles. The largest absolute Gasteiger partial charge is 0.492 e. The van der Waals surface area contributed by atoms with E-state index in [1.54, 1.807) is 43.3 Å². The second-order valence-corrected chi connectivity index (χ2v) is 9.40. The maximum Gasteiger partial charge on any atom is 0.268 e. The molecule has 7 nitrogen and oxygen atoms in total. The van der Waals surface area contributed by atoms with Crippen LogP contribution in [0.1, 0.15) is 11.8 Å². The summed E-state index contributed by atoms with van der Waals surface area (Å²) in [6, 6.07) is 14.0. The Morgan fingerprint density at radius 3 is 2.65 bits per heavy atom. The van der Waals surface area contributed by atoms with Crippen molar-refractivity contribution in [3.8, 4) is 27.9 Å². The Bertz CT molecular complexity index is 1310. The molecule has 0 amide bonds. The maximum absolute atomic E-state index is 13.1. The summed E-state index contributed by atoms with van der Waals surface area (Å²) < 4.78 is 52.5. The van der Waals surface area contributed by atoms with E-state index in [0.717, 1.165) is 0 Å². The molecule has 0 aliphatic carbocycles. The third-order valence-corrected chi connectivity index (χ3v) is 6.99. The van der Waals surface area contributed by atoms with Crippen molar-refractivity contribution >= 4 is 27.0 Å². The summed E-state index contributed by atoms with van der Waals surface area (Å²) in [5.41, 5.74) is 0.944. The molecule has 10 heteroatoms. The highest BCUT2D eigenvalue weighted by molar-refractivity contribution is 7.93. The fourth-order valence-corrected chi connectivity index (χ4v) is 5.49. The molecule has 0 unspecified atom stereocenters. The Hall–Kier alpha value is -3.24. The molecule has 31 heavy (non-hydrogen) atoms. The fourth-order valence-electron chi connectivity index (χ4n) is 2.91. The Labute approximate surface area is 182 Å². The van der Waals surface area contributed by atoms with Gasteiger partial charge in [-0.1, -0.05) is 17.3 Å². The van der Waals surface area contributed by atoms with E-state index < -0.39 is 10.0 Å². The molecule has 0 saturated carbocycles. The molecule has 0 radical (unpaired) electrons. The molecule has 0 fully saturated rings. The van der Waals surface area contributed by atoms with Gasteiger partial charge in [0.25, 0.3) is 15.9 Å². The van der Waals surface area contributed by atoms with Gasteiger partial charge in [-0.3, -0.25) is 4.72 Å². The van der Waals surface area contributed by atoms with Crippen molar-refractivity contribution in [2.24, 2.45) is 0 Å². The summed E-state index contributed by atoms with van der Waals surface area (Å²) in [6.45, 7) is 3.94. The van der Waals surface area contributed by atoms with Gasteiger partial charge < -0.3 is 9.26 Å². The van der Waals surface area contributed by atoms with Crippen molar-refractivity contribution in [3.05, 3.63) is 65.3 Å². The minimum atomic E-state index is -3.87. The second-order valence-electron chi connectivity index (χ2n) is 6.50. The van der Waals surface area contributed by atoms with Crippen molar-refractivity contribution in [2.45, 2.75) is 18.7 Å². The quantitative estimate of drug-likeness (QED) is 0.413. The minimum Gasteiger partial charge on any atom is -0.492 e. The number of anilines is 1. The second kappa shape index (κ2) is 8.48. The Morgan fingerprint density at radius 2 is 1.90 bits per heavy atom. The van der Waals surface area contributed by atoms with Crippen LogP contribution in [0.2, 0.25) is 0 Å². The van der Waals surface area contributed by atoms with Crippen LogP contribution >= 0.6 is 11.3 Å². The van der Waals surface area contributed by atoms with Crippen LogP contribution < -0.4 is 9.46 Å². The average Bonchev–Trinajstić information content (AvgIpc) is 3.37. The van der Waals surface area contributed by atoms with Gasteiger partial charge >= 0.3 is 0 Å². The van der Waals surface area contributed by atoms with E-state index in [0.29, 0.717) is 33.4 Å². The standard InChI is InChI=1S/C21H18FN3O4S2/c1-3-28-17-7-5-4-6-16(17)25-31(26,27)19-12-18(30-13(19)2)21-23-20(24-29-21)14-8-10-15(22)11-9-14/h4-12,25H,3H2,1-2H3. The van der Waals surface area contributed by atoms with Crippen molar-refractivity contribution < 1.29 is 22.1 Å². The first-order valence-electron chi connectivity index (χ1n) is 9.32. The van der Waals surface area contributed by atoms with Crippen molar-refractivity contribution in [1.29, 1.82) is 0 Å². The van der Waals surface area contributed by atoms with Crippen molar-refractivity contribution in [2.75, 3.05) is 11.3 Å². The van der Waals surface area contributed by atoms with Crippen molar-refractivity contribution in [3.63, 3.8) is 0 Å². The lowest BCUT2D eigenvalue weighted by molar-refractivity contribution is 0.342. The summed E-state index contributed by atoms with van der Waals surface area (Å²) in [7, 11) is -3.87. The maximum atomic E-state index is 13.1. The molecule has 0 atom stereocenters. The molecule has 0 aliphatic rings. The van der Waals surface area contributed by atoms with Gasteiger partial charge in [-0.15, -0.1) is 11.3 Å². The summed E-state index contributed by atoms with van der Waals surface area (Å²) in [4.78, 5) is 5.50. The number of aryl methyl sites for hydroxylation is 1. The number of sulfonamides is 1. The molecule has 2 heterocycles. The summed E-state index contributed by atoms with van der Waals surface area (Å²) in [5, 5.41) is 3.91. The number of ether oxygens (including phenoxy) is 1. The first-order chi connectivity index (χ1) is 14.9. The molecule has 0 saturated heterocycles. The number of rotatable bonds is 7. The third-order valence-electron chi connectivity index (χ3n) is 4.33. The predicted molar refractivity (Wildman–Crippen MR) is 116 cm³/mol. The molecule has 1 N–H and O–H groups in total. The average molecular weight is 460 g/mol. The lowest BCUT2D eigenvalue weighted by Crippen LogP contribution is -2.14. The Morgan fingerprint density at radius 1 is 1.16 bits per heavy atom. The number of halogens is 1. The van der Waals surface area contributed by atoms with Gasteiger partial charge in [-0.05, 0) is 56.3 Å². The van der Waals surface area contributed by atoms with Crippen LogP contribution in [-0.4, -0.2) is 25.2 Å². The predicted octanol–water partition coefficient (Wildman–Crippen LogP) is 5.11. The number of thiophene rings is 1. The van der Waals surface area contributed by atoms with Crippen LogP contribution in [0.25, 0.3) is 22.2 Å². The molecule has 0 bridgehead atoms. The molecule has 2 aromatic heterocycles. The zero-order valence-corrected chi connectivity index (χ0v) is 18.3. The topological polar surface area (TPSA) is 94.3 Å². The van der Waals surface area contributed by atoms with Crippen LogP contribution in [-0.2, 0) is 10.0 Å². The number of hydrogen-bond acceptors (Lipinski definition) is 7. The number of nitrogens with one attached hydrogen (secondary N) is 1. The normalized spacial score (nSPS) is 11.5. The number of aromatic nitrogens is 2. The Balaban J connectivity index is 1.63. The highest BCUT2D eigenvalue weighted by Gasteiger charge is 2.24. The van der Waals surface area contributed by atoms with Crippen LogP contribution in [0.15, 0.2) is 64.0 Å². The van der Waals surface area contributed by atoms with Crippen molar-refractivity contribution in [1.82, 2.24) is 10.1 Å². The Kier molecular flexibility index (Phi) is 5.75. The van der Waals surface area contributed by atoms with E-state index in [4.69, 9.17) is 9.26 Å². The van der Waals surface area contributed by atoms with Crippen LogP contribution in [0, 0.1) is 12.7 Å². The van der Waals surface area contributed by atoms with E-state index >= 15 is 0 Å². The number of benzene rings is 2. The van der Waals surface area contributed by atoms with E-state index in [2.05, 4.69) is 14.9 Å². The molecule has 160 valence electrons. The monoisotopic (exact) mass is 459 g/mol. The van der Waals surface area contributed by atoms with E-state index in [1.807, 2.05) is 6.92 Å². The fraction of sp³-hybridized carbons (Fsp3) is 0.143. The molecule has 0 spiro atoms. The van der Waals surface area contributed by atoms with Crippen LogP contribution in [0.4, 0.5) is 10.1 Å². The number of para-hydroxylation sites is 2. The lowest BCUT2D eigenvalue weighted by atomic mass is 10.2. The van der Waals surface area contributed by atoms with Crippen LogP contribution in [0.3, 0.4) is 0 Å². The van der Waals surface area contributed by atoms with Gasteiger partial charge in [0.05, 0.1) is 17.2 Å². The number of nitrogens with zero attached hydrogens (tertiary/aromatic N) is 2. The smallest absolute Gasteiger partial charge is 0.268 e. The molecule has 4 rings (SSSR count). The summed E-state index contributed by atoms with van der Waals surface area (Å²) in [6.07, 6.45) is 0. The van der Waals surface area contributed by atoms with E-state index in [1.165, 1.54) is 29.5 Å². The number of hydrogen-bond donors (Lipinski definition) is 1. The van der Waals surface area contributed by atoms with E-state index in [9.17, 15) is 12.8 Å². The van der Waals surface area contributed by atoms with Gasteiger partial charge in [-0.25, -0.2) is 12.8 Å².